The maximum atomic E-state index is 12.1. The van der Waals surface area contributed by atoms with E-state index in [1.54, 1.807) is 11.8 Å². The van der Waals surface area contributed by atoms with Crippen molar-refractivity contribution in [2.75, 3.05) is 6.54 Å². The summed E-state index contributed by atoms with van der Waals surface area (Å²) in [5.74, 6) is 3.11. The third kappa shape index (κ3) is 2.32. The molecule has 3 nitrogen and oxygen atoms in total. The van der Waals surface area contributed by atoms with Crippen molar-refractivity contribution < 1.29 is 4.79 Å². The summed E-state index contributed by atoms with van der Waals surface area (Å²) in [7, 11) is 0. The van der Waals surface area contributed by atoms with Gasteiger partial charge in [0.2, 0.25) is 5.91 Å². The summed E-state index contributed by atoms with van der Waals surface area (Å²) in [5, 5.41) is 3.82. The van der Waals surface area contributed by atoms with Gasteiger partial charge >= 0.3 is 0 Å². The van der Waals surface area contributed by atoms with Crippen molar-refractivity contribution in [1.82, 2.24) is 5.32 Å². The largest absolute Gasteiger partial charge is 0.304 e. The lowest BCUT2D eigenvalue weighted by Gasteiger charge is -2.23. The van der Waals surface area contributed by atoms with Crippen LogP contribution in [0.25, 0.3) is 0 Å². The van der Waals surface area contributed by atoms with E-state index in [1.807, 2.05) is 6.92 Å². The first-order valence-corrected chi connectivity index (χ1v) is 8.35. The van der Waals surface area contributed by atoms with Crippen LogP contribution in [0.2, 0.25) is 0 Å². The summed E-state index contributed by atoms with van der Waals surface area (Å²) in [5.41, 5.74) is 0. The van der Waals surface area contributed by atoms with Crippen molar-refractivity contribution in [3.05, 3.63) is 0 Å². The van der Waals surface area contributed by atoms with Gasteiger partial charge in [-0.25, -0.2) is 0 Å². The van der Waals surface area contributed by atoms with Crippen LogP contribution in [0.15, 0.2) is 4.99 Å². The van der Waals surface area contributed by atoms with Gasteiger partial charge in [-0.15, -0.1) is 0 Å². The molecule has 1 N–H and O–H groups in total. The summed E-state index contributed by atoms with van der Waals surface area (Å²) in [4.78, 5) is 16.8. The van der Waals surface area contributed by atoms with Gasteiger partial charge in [0.1, 0.15) is 4.75 Å². The Hall–Kier alpha value is -0.510. The number of amidine groups is 1. The van der Waals surface area contributed by atoms with Gasteiger partial charge < -0.3 is 5.32 Å². The molecule has 1 heterocycles. The molecule has 0 radical (unpaired) electrons. The number of rotatable bonds is 3. The molecule has 2 aliphatic carbocycles. The number of hydrogen-bond donors (Lipinski definition) is 1. The zero-order valence-corrected chi connectivity index (χ0v) is 12.9. The van der Waals surface area contributed by atoms with Crippen LogP contribution in [0, 0.1) is 23.7 Å². The molecule has 2 bridgehead atoms. The van der Waals surface area contributed by atoms with Crippen LogP contribution in [0.4, 0.5) is 0 Å². The van der Waals surface area contributed by atoms with Crippen LogP contribution >= 0.6 is 11.8 Å². The molecular weight excluding hydrogens is 256 g/mol. The smallest absolute Gasteiger partial charge is 0.242 e. The quantitative estimate of drug-likeness (QED) is 0.863. The normalized spacial score (nSPS) is 43.5. The highest BCUT2D eigenvalue weighted by Crippen LogP contribution is 2.48. The van der Waals surface area contributed by atoms with Crippen molar-refractivity contribution in [2.45, 2.75) is 51.2 Å². The third-order valence-corrected chi connectivity index (χ3v) is 6.94. The van der Waals surface area contributed by atoms with Gasteiger partial charge in [0.05, 0.1) is 0 Å². The van der Waals surface area contributed by atoms with Crippen molar-refractivity contribution in [3.8, 4) is 0 Å². The molecule has 1 unspecified atom stereocenters. The standard InChI is InChI=1S/C15H24N2OS/c1-9(2)15(3)13(18)17-14(19-15)16-8-12-7-10-4-5-11(12)6-10/h9-12H,4-8H2,1-3H3,(H,16,17,18)/t10-,11+,12?,15-/m1/s1. The molecule has 0 aromatic rings. The van der Waals surface area contributed by atoms with Gasteiger partial charge in [0.25, 0.3) is 0 Å². The lowest BCUT2D eigenvalue weighted by molar-refractivity contribution is -0.122. The second kappa shape index (κ2) is 4.80. The van der Waals surface area contributed by atoms with Crippen LogP contribution < -0.4 is 5.32 Å². The number of thioether (sulfide) groups is 1. The molecule has 0 aromatic heterocycles. The zero-order valence-electron chi connectivity index (χ0n) is 12.1. The summed E-state index contributed by atoms with van der Waals surface area (Å²) in [6.45, 7) is 7.15. The Morgan fingerprint density at radius 2 is 2.21 bits per heavy atom. The van der Waals surface area contributed by atoms with E-state index in [9.17, 15) is 4.79 Å². The van der Waals surface area contributed by atoms with Crippen molar-refractivity contribution in [3.63, 3.8) is 0 Å². The molecule has 2 saturated carbocycles. The van der Waals surface area contributed by atoms with E-state index in [-0.39, 0.29) is 10.7 Å². The second-order valence-corrected chi connectivity index (χ2v) is 8.34. The number of nitrogens with one attached hydrogen (secondary N) is 1. The Morgan fingerprint density at radius 1 is 1.42 bits per heavy atom. The first kappa shape index (κ1) is 13.5. The van der Waals surface area contributed by atoms with Crippen molar-refractivity contribution >= 4 is 22.8 Å². The molecule has 0 spiro atoms. The average Bonchev–Trinajstić information content (AvgIpc) is 3.03. The fourth-order valence-corrected chi connectivity index (χ4v) is 4.81. The number of aliphatic imine (C=N–C) groups is 1. The average molecular weight is 280 g/mol. The number of fused-ring (bicyclic) bond motifs is 2. The van der Waals surface area contributed by atoms with Gasteiger partial charge in [-0.1, -0.05) is 32.0 Å². The molecule has 1 amide bonds. The third-order valence-electron chi connectivity index (χ3n) is 5.44. The molecule has 4 atom stereocenters. The lowest BCUT2D eigenvalue weighted by Crippen LogP contribution is -2.38. The minimum atomic E-state index is -0.340. The van der Waals surface area contributed by atoms with Crippen LogP contribution in [-0.4, -0.2) is 22.4 Å². The number of nitrogens with zero attached hydrogens (tertiary/aromatic N) is 1. The highest BCUT2D eigenvalue weighted by Gasteiger charge is 2.45. The predicted octanol–water partition coefficient (Wildman–Crippen LogP) is 3.06. The summed E-state index contributed by atoms with van der Waals surface area (Å²) >= 11 is 1.62. The molecule has 4 heteroatoms. The van der Waals surface area contributed by atoms with E-state index in [0.29, 0.717) is 5.92 Å². The van der Waals surface area contributed by atoms with Gasteiger partial charge in [-0.05, 0) is 49.9 Å². The molecule has 3 fully saturated rings. The van der Waals surface area contributed by atoms with E-state index in [2.05, 4.69) is 19.2 Å². The van der Waals surface area contributed by atoms with Crippen LogP contribution in [0.5, 0.6) is 0 Å². The maximum absolute atomic E-state index is 12.1. The fourth-order valence-electron chi connectivity index (χ4n) is 3.75. The van der Waals surface area contributed by atoms with E-state index in [0.717, 1.165) is 29.5 Å². The second-order valence-electron chi connectivity index (χ2n) is 6.90. The molecule has 1 saturated heterocycles. The Morgan fingerprint density at radius 3 is 2.74 bits per heavy atom. The van der Waals surface area contributed by atoms with Crippen molar-refractivity contribution in [2.24, 2.45) is 28.7 Å². The molecule has 3 aliphatic rings. The van der Waals surface area contributed by atoms with Gasteiger partial charge in [0, 0.05) is 6.54 Å². The predicted molar refractivity (Wildman–Crippen MR) is 80.2 cm³/mol. The summed E-state index contributed by atoms with van der Waals surface area (Å²) < 4.78 is -0.340. The summed E-state index contributed by atoms with van der Waals surface area (Å²) in [6.07, 6.45) is 5.64. The first-order chi connectivity index (χ1) is 8.99. The minimum absolute atomic E-state index is 0.124. The Bertz CT molecular complexity index is 420. The van der Waals surface area contributed by atoms with Crippen LogP contribution in [0.3, 0.4) is 0 Å². The van der Waals surface area contributed by atoms with E-state index >= 15 is 0 Å². The first-order valence-electron chi connectivity index (χ1n) is 7.54. The summed E-state index contributed by atoms with van der Waals surface area (Å²) in [6, 6.07) is 0. The maximum Gasteiger partial charge on any atom is 0.242 e. The molecule has 3 rings (SSSR count). The van der Waals surface area contributed by atoms with E-state index in [1.165, 1.54) is 25.7 Å². The SMILES string of the molecule is CC(C)[C@@]1(C)SC(=NCC2C[C@@H]3CC[C@H]2C3)NC1=O. The van der Waals surface area contributed by atoms with Crippen molar-refractivity contribution in [1.29, 1.82) is 0 Å². The van der Waals surface area contributed by atoms with Gasteiger partial charge in [0.15, 0.2) is 5.17 Å². The Labute approximate surface area is 120 Å². The van der Waals surface area contributed by atoms with Gasteiger partial charge in [-0.2, -0.15) is 0 Å². The van der Waals surface area contributed by atoms with E-state index < -0.39 is 0 Å². The topological polar surface area (TPSA) is 41.5 Å². The highest BCUT2D eigenvalue weighted by atomic mass is 32.2. The number of carbonyl (C=O) groups excluding carboxylic acids is 1. The molecule has 0 aromatic carbocycles. The Balaban J connectivity index is 1.62. The number of carbonyl (C=O) groups is 1. The zero-order chi connectivity index (χ0) is 13.6. The molecule has 106 valence electrons. The van der Waals surface area contributed by atoms with Crippen LogP contribution in [0.1, 0.15) is 46.5 Å². The Kier molecular flexibility index (Phi) is 3.40. The van der Waals surface area contributed by atoms with Gasteiger partial charge in [-0.3, -0.25) is 9.79 Å². The molecule has 1 aliphatic heterocycles. The fraction of sp³-hybridized carbons (Fsp3) is 0.867. The highest BCUT2D eigenvalue weighted by molar-refractivity contribution is 8.16. The lowest BCUT2D eigenvalue weighted by atomic mass is 9.89. The van der Waals surface area contributed by atoms with Crippen LogP contribution in [-0.2, 0) is 4.79 Å². The minimum Gasteiger partial charge on any atom is -0.304 e. The number of amides is 1. The number of hydrogen-bond acceptors (Lipinski definition) is 3. The monoisotopic (exact) mass is 280 g/mol. The molecular formula is C15H24N2OS. The molecule has 19 heavy (non-hydrogen) atoms. The van der Waals surface area contributed by atoms with E-state index in [4.69, 9.17) is 4.99 Å².